The molecule has 6 fully saturated rings. The summed E-state index contributed by atoms with van der Waals surface area (Å²) < 4.78 is 5.72. The van der Waals surface area contributed by atoms with Crippen LogP contribution >= 0.6 is 0 Å². The Bertz CT molecular complexity index is 719. The van der Waals surface area contributed by atoms with Crippen LogP contribution in [0.3, 0.4) is 0 Å². The van der Waals surface area contributed by atoms with Gasteiger partial charge in [-0.15, -0.1) is 0 Å². The molecule has 1 heterocycles. The Labute approximate surface area is 166 Å². The minimum Gasteiger partial charge on any atom is -0.392 e. The van der Waals surface area contributed by atoms with E-state index >= 15 is 0 Å². The van der Waals surface area contributed by atoms with Gasteiger partial charge in [-0.3, -0.25) is 4.90 Å². The molecule has 5 aliphatic carbocycles. The largest absolute Gasteiger partial charge is 0.392 e. The van der Waals surface area contributed by atoms with E-state index in [4.69, 9.17) is 4.74 Å². The Morgan fingerprint density at radius 3 is 2.57 bits per heavy atom. The summed E-state index contributed by atoms with van der Waals surface area (Å²) in [7, 11) is 1.65. The smallest absolute Gasteiger partial charge is 0.110 e. The Hall–Kier alpha value is -0.240. The van der Waals surface area contributed by atoms with E-state index in [1.807, 2.05) is 0 Å². The summed E-state index contributed by atoms with van der Waals surface area (Å²) in [4.78, 5) is 2.36. The van der Waals surface area contributed by atoms with Crippen molar-refractivity contribution in [1.29, 1.82) is 0 Å². The van der Waals surface area contributed by atoms with Crippen molar-refractivity contribution in [2.24, 2.45) is 34.5 Å². The van der Waals surface area contributed by atoms with Crippen LogP contribution in [0.1, 0.15) is 46.0 Å². The molecule has 1 saturated heterocycles. The van der Waals surface area contributed by atoms with Crippen molar-refractivity contribution in [3.05, 3.63) is 0 Å². The molecule has 0 aromatic heterocycles. The summed E-state index contributed by atoms with van der Waals surface area (Å²) in [6.45, 7) is 6.18. The lowest BCUT2D eigenvalue weighted by Crippen LogP contribution is -2.81. The quantitative estimate of drug-likeness (QED) is 0.542. The van der Waals surface area contributed by atoms with Crippen LogP contribution in [0, 0.1) is 34.5 Å². The van der Waals surface area contributed by atoms with Gasteiger partial charge in [-0.05, 0) is 49.5 Å². The predicted octanol–water partition coefficient (Wildman–Crippen LogP) is 0.366. The number of aliphatic hydroxyl groups is 4. The van der Waals surface area contributed by atoms with E-state index in [-0.39, 0.29) is 41.2 Å². The molecule has 5 saturated carbocycles. The van der Waals surface area contributed by atoms with E-state index in [1.54, 1.807) is 7.11 Å². The summed E-state index contributed by atoms with van der Waals surface area (Å²) in [6.07, 6.45) is 2.00. The van der Waals surface area contributed by atoms with E-state index in [9.17, 15) is 20.4 Å². The molecule has 28 heavy (non-hydrogen) atoms. The molecule has 12 atom stereocenters. The van der Waals surface area contributed by atoms with Gasteiger partial charge in [-0.2, -0.15) is 0 Å². The van der Waals surface area contributed by atoms with E-state index in [0.717, 1.165) is 32.4 Å². The SMILES string of the molecule is CCN1C[C@]2(C)CC[C@H](O)[C@@]34[C@@H]5C[C@H]6[C@@H](O)[C@@H]5[C@](O)(C[C@H]6OC)[C@@](O)(C[C@H]23)[C@@H]14. The van der Waals surface area contributed by atoms with Crippen molar-refractivity contribution >= 4 is 0 Å². The van der Waals surface area contributed by atoms with Crippen LogP contribution in [0.2, 0.25) is 0 Å². The Morgan fingerprint density at radius 1 is 1.14 bits per heavy atom. The molecule has 0 radical (unpaired) electrons. The number of nitrogens with zero attached hydrogens (tertiary/aromatic N) is 1. The fourth-order valence-corrected chi connectivity index (χ4v) is 10.0. The predicted molar refractivity (Wildman–Crippen MR) is 101 cm³/mol. The Kier molecular flexibility index (Phi) is 3.40. The van der Waals surface area contributed by atoms with Crippen molar-refractivity contribution in [3.63, 3.8) is 0 Å². The first-order valence-electron chi connectivity index (χ1n) is 11.3. The highest BCUT2D eigenvalue weighted by Crippen LogP contribution is 2.79. The molecule has 1 spiro atoms. The van der Waals surface area contributed by atoms with Crippen molar-refractivity contribution in [2.75, 3.05) is 20.2 Å². The minimum atomic E-state index is -1.36. The van der Waals surface area contributed by atoms with Crippen molar-refractivity contribution < 1.29 is 25.2 Å². The van der Waals surface area contributed by atoms with Crippen LogP contribution in [0.25, 0.3) is 0 Å². The molecule has 158 valence electrons. The zero-order valence-corrected chi connectivity index (χ0v) is 17.2. The normalized spacial score (nSPS) is 67.0. The lowest BCUT2D eigenvalue weighted by atomic mass is 9.43. The van der Waals surface area contributed by atoms with Gasteiger partial charge in [0, 0.05) is 43.4 Å². The fraction of sp³-hybridized carbons (Fsp3) is 1.00. The van der Waals surface area contributed by atoms with Crippen LogP contribution in [0.5, 0.6) is 0 Å². The summed E-state index contributed by atoms with van der Waals surface area (Å²) in [5.41, 5.74) is -3.08. The first-order chi connectivity index (χ1) is 13.2. The number of hydrogen-bond donors (Lipinski definition) is 4. The molecule has 0 aromatic carbocycles. The number of hydrogen-bond acceptors (Lipinski definition) is 6. The van der Waals surface area contributed by atoms with Gasteiger partial charge in [0.15, 0.2) is 0 Å². The van der Waals surface area contributed by atoms with Crippen LogP contribution in [0.15, 0.2) is 0 Å². The van der Waals surface area contributed by atoms with E-state index in [0.29, 0.717) is 12.8 Å². The number of ether oxygens (including phenoxy) is 1. The standard InChI is InChI=1S/C22H35NO5/c1-4-23-10-19(2)6-5-15(24)22-12-7-11-13(28-3)8-20(26,16(12)17(11)25)21(27,18(22)23)9-14(19)22/h11-18,24-27H,4-10H2,1-3H3/t11-,12-,13-,14-,15+,16-,17-,18-,19+,20-,21-,22-/m1/s1. The molecule has 1 aliphatic heterocycles. The average Bonchev–Trinajstić information content (AvgIpc) is 3.05. The fourth-order valence-electron chi connectivity index (χ4n) is 10.0. The maximum absolute atomic E-state index is 12.3. The maximum Gasteiger partial charge on any atom is 0.110 e. The molecular formula is C22H35NO5. The number of rotatable bonds is 2. The molecule has 0 unspecified atom stereocenters. The number of likely N-dealkylation sites (N-methyl/N-ethyl adjacent to an activating group) is 1. The van der Waals surface area contributed by atoms with Gasteiger partial charge in [0.1, 0.15) is 11.2 Å². The molecule has 0 aromatic rings. The van der Waals surface area contributed by atoms with Crippen molar-refractivity contribution in [3.8, 4) is 0 Å². The van der Waals surface area contributed by atoms with E-state index < -0.39 is 28.8 Å². The second-order valence-corrected chi connectivity index (χ2v) is 11.3. The highest BCUT2D eigenvalue weighted by molar-refractivity contribution is 5.38. The summed E-state index contributed by atoms with van der Waals surface area (Å²) in [5.74, 6) is -0.176. The number of likely N-dealkylation sites (tertiary alicyclic amines) is 1. The minimum absolute atomic E-state index is 0.0196. The number of piperidine rings is 1. The Balaban J connectivity index is 1.64. The molecular weight excluding hydrogens is 358 g/mol. The lowest BCUT2D eigenvalue weighted by molar-refractivity contribution is -0.310. The van der Waals surface area contributed by atoms with Gasteiger partial charge < -0.3 is 25.2 Å². The van der Waals surface area contributed by atoms with Gasteiger partial charge in [-0.25, -0.2) is 0 Å². The van der Waals surface area contributed by atoms with Gasteiger partial charge >= 0.3 is 0 Å². The van der Waals surface area contributed by atoms with Gasteiger partial charge in [-0.1, -0.05) is 13.8 Å². The van der Waals surface area contributed by atoms with Crippen LogP contribution < -0.4 is 0 Å². The van der Waals surface area contributed by atoms with Crippen LogP contribution in [-0.2, 0) is 4.74 Å². The summed E-state index contributed by atoms with van der Waals surface area (Å²) in [5, 5.41) is 47.3. The molecule has 6 heteroatoms. The number of methoxy groups -OCH3 is 1. The third-order valence-electron chi connectivity index (χ3n) is 10.8. The molecule has 6 nitrogen and oxygen atoms in total. The highest BCUT2D eigenvalue weighted by atomic mass is 16.5. The van der Waals surface area contributed by atoms with E-state index in [1.165, 1.54) is 0 Å². The third kappa shape index (κ3) is 1.59. The highest BCUT2D eigenvalue weighted by Gasteiger charge is 2.87. The molecule has 7 bridgehead atoms. The van der Waals surface area contributed by atoms with Gasteiger partial charge in [0.2, 0.25) is 0 Å². The monoisotopic (exact) mass is 393 g/mol. The second kappa shape index (κ2) is 5.14. The molecule has 6 aliphatic rings. The second-order valence-electron chi connectivity index (χ2n) is 11.3. The zero-order valence-electron chi connectivity index (χ0n) is 17.2. The van der Waals surface area contributed by atoms with Crippen molar-refractivity contribution in [2.45, 2.75) is 81.5 Å². The van der Waals surface area contributed by atoms with E-state index in [2.05, 4.69) is 18.7 Å². The zero-order chi connectivity index (χ0) is 19.9. The summed E-state index contributed by atoms with van der Waals surface area (Å²) >= 11 is 0. The number of aliphatic hydroxyl groups excluding tert-OH is 2. The van der Waals surface area contributed by atoms with Gasteiger partial charge in [0.05, 0.1) is 18.3 Å². The van der Waals surface area contributed by atoms with Crippen LogP contribution in [0.4, 0.5) is 0 Å². The van der Waals surface area contributed by atoms with Crippen molar-refractivity contribution in [1.82, 2.24) is 4.90 Å². The first-order valence-corrected chi connectivity index (χ1v) is 11.3. The lowest BCUT2D eigenvalue weighted by Gasteiger charge is -2.69. The molecule has 4 N–H and O–H groups in total. The molecule has 0 amide bonds. The third-order valence-corrected chi connectivity index (χ3v) is 10.8. The average molecular weight is 394 g/mol. The topological polar surface area (TPSA) is 93.4 Å². The first kappa shape index (κ1) is 18.5. The van der Waals surface area contributed by atoms with Gasteiger partial charge in [0.25, 0.3) is 0 Å². The molecule has 6 rings (SSSR count). The number of fused-ring (bicyclic) bond motifs is 2. The Morgan fingerprint density at radius 2 is 1.89 bits per heavy atom. The van der Waals surface area contributed by atoms with Crippen LogP contribution in [-0.4, -0.2) is 81.1 Å². The summed E-state index contributed by atoms with van der Waals surface area (Å²) in [6, 6.07) is -0.244. The maximum atomic E-state index is 12.3.